The van der Waals surface area contributed by atoms with Crippen LogP contribution in [0.4, 0.5) is 10.2 Å². The number of carbonyl (C=O) groups excluding carboxylic acids is 1. The highest BCUT2D eigenvalue weighted by atomic mass is 35.5. The summed E-state index contributed by atoms with van der Waals surface area (Å²) in [6, 6.07) is 6.99. The molecule has 2 N–H and O–H groups in total. The number of hydrogen-bond donors (Lipinski definition) is 2. The Morgan fingerprint density at radius 2 is 1.87 bits per heavy atom. The zero-order chi connectivity index (χ0) is 26.4. The number of rotatable bonds is 5. The molecule has 1 atom stereocenters. The number of benzene rings is 1. The van der Waals surface area contributed by atoms with E-state index in [-0.39, 0.29) is 11.4 Å². The Labute approximate surface area is 228 Å². The van der Waals surface area contributed by atoms with E-state index in [1.54, 1.807) is 6.20 Å². The van der Waals surface area contributed by atoms with E-state index < -0.39 is 11.9 Å². The Bertz CT molecular complexity index is 1520. The Balaban J connectivity index is 1.23. The SMILES string of the molecule is CC(Oc1ccc2[nH]nc(-c3cnc(N4CCC5(CCC(=O)N5)CC4)c(F)c3)c2c1)c1c(Cl)cncc1Cl. The van der Waals surface area contributed by atoms with E-state index in [4.69, 9.17) is 27.9 Å². The molecule has 1 unspecified atom stereocenters. The largest absolute Gasteiger partial charge is 0.486 e. The molecule has 2 saturated heterocycles. The highest BCUT2D eigenvalue weighted by Gasteiger charge is 2.40. The number of nitrogens with one attached hydrogen (secondary N) is 2. The molecule has 196 valence electrons. The quantitative estimate of drug-likeness (QED) is 0.321. The summed E-state index contributed by atoms with van der Waals surface area (Å²) in [6.07, 6.45) is 7.24. The summed E-state index contributed by atoms with van der Waals surface area (Å²) in [5.41, 5.74) is 2.41. The molecule has 3 aromatic heterocycles. The van der Waals surface area contributed by atoms with E-state index in [1.165, 1.54) is 18.5 Å². The van der Waals surface area contributed by atoms with Gasteiger partial charge in [-0.3, -0.25) is 14.9 Å². The Morgan fingerprint density at radius 3 is 2.55 bits per heavy atom. The number of halogens is 3. The molecule has 0 radical (unpaired) electrons. The first kappa shape index (κ1) is 24.9. The minimum absolute atomic E-state index is 0.103. The molecule has 2 aliphatic heterocycles. The van der Waals surface area contributed by atoms with Gasteiger partial charge in [0.25, 0.3) is 0 Å². The third-order valence-corrected chi connectivity index (χ3v) is 8.10. The van der Waals surface area contributed by atoms with Gasteiger partial charge in [0.15, 0.2) is 11.6 Å². The number of aromatic nitrogens is 4. The van der Waals surface area contributed by atoms with Crippen LogP contribution in [0.1, 0.15) is 44.3 Å². The van der Waals surface area contributed by atoms with Crippen LogP contribution in [0.3, 0.4) is 0 Å². The maximum atomic E-state index is 15.3. The van der Waals surface area contributed by atoms with Gasteiger partial charge in [-0.25, -0.2) is 9.37 Å². The summed E-state index contributed by atoms with van der Waals surface area (Å²) in [5.74, 6) is 0.596. The number of ether oxygens (including phenoxy) is 1. The van der Waals surface area contributed by atoms with Crippen LogP contribution in [0, 0.1) is 5.82 Å². The zero-order valence-electron chi connectivity index (χ0n) is 20.6. The van der Waals surface area contributed by atoms with E-state index in [0.29, 0.717) is 57.9 Å². The molecule has 38 heavy (non-hydrogen) atoms. The number of piperidine rings is 1. The van der Waals surface area contributed by atoms with Gasteiger partial charge in [-0.2, -0.15) is 5.10 Å². The molecular formula is C27H25Cl2FN6O2. The lowest BCUT2D eigenvalue weighted by Crippen LogP contribution is -2.51. The fourth-order valence-electron chi connectivity index (χ4n) is 5.45. The molecule has 0 aliphatic carbocycles. The fourth-order valence-corrected chi connectivity index (χ4v) is 6.12. The van der Waals surface area contributed by atoms with Crippen molar-refractivity contribution in [3.8, 4) is 17.0 Å². The van der Waals surface area contributed by atoms with Gasteiger partial charge in [0.05, 0.1) is 15.6 Å². The smallest absolute Gasteiger partial charge is 0.220 e. The maximum Gasteiger partial charge on any atom is 0.220 e. The van der Waals surface area contributed by atoms with Gasteiger partial charge in [0.1, 0.15) is 17.5 Å². The van der Waals surface area contributed by atoms with E-state index in [0.717, 1.165) is 30.2 Å². The predicted octanol–water partition coefficient (Wildman–Crippen LogP) is 5.85. The molecule has 2 fully saturated rings. The molecule has 4 aromatic rings. The van der Waals surface area contributed by atoms with Crippen molar-refractivity contribution in [2.24, 2.45) is 0 Å². The van der Waals surface area contributed by atoms with Crippen molar-refractivity contribution in [1.82, 2.24) is 25.5 Å². The second-order valence-electron chi connectivity index (χ2n) is 9.90. The summed E-state index contributed by atoms with van der Waals surface area (Å²) >= 11 is 12.6. The molecule has 0 bridgehead atoms. The van der Waals surface area contributed by atoms with Gasteiger partial charge in [0.2, 0.25) is 5.91 Å². The monoisotopic (exact) mass is 554 g/mol. The number of H-pyrrole nitrogens is 1. The van der Waals surface area contributed by atoms with Crippen LogP contribution in [0.5, 0.6) is 5.75 Å². The first-order valence-corrected chi connectivity index (χ1v) is 13.2. The summed E-state index contributed by atoms with van der Waals surface area (Å²) < 4.78 is 21.4. The molecule has 2 aliphatic rings. The van der Waals surface area contributed by atoms with Crippen molar-refractivity contribution in [2.45, 2.75) is 44.2 Å². The lowest BCUT2D eigenvalue weighted by molar-refractivity contribution is -0.119. The highest BCUT2D eigenvalue weighted by molar-refractivity contribution is 6.35. The number of pyridine rings is 2. The molecule has 8 nitrogen and oxygen atoms in total. The van der Waals surface area contributed by atoms with Crippen LogP contribution >= 0.6 is 23.2 Å². The lowest BCUT2D eigenvalue weighted by Gasteiger charge is -2.39. The molecule has 1 spiro atoms. The van der Waals surface area contributed by atoms with E-state index in [2.05, 4.69) is 25.5 Å². The summed E-state index contributed by atoms with van der Waals surface area (Å²) in [7, 11) is 0. The van der Waals surface area contributed by atoms with Gasteiger partial charge in [-0.05, 0) is 50.5 Å². The second-order valence-corrected chi connectivity index (χ2v) is 10.7. The second kappa shape index (κ2) is 9.71. The fraction of sp³-hybridized carbons (Fsp3) is 0.333. The molecule has 11 heteroatoms. The van der Waals surface area contributed by atoms with Crippen molar-refractivity contribution in [3.63, 3.8) is 0 Å². The molecule has 0 saturated carbocycles. The van der Waals surface area contributed by atoms with Crippen molar-refractivity contribution < 1.29 is 13.9 Å². The first-order valence-electron chi connectivity index (χ1n) is 12.5. The van der Waals surface area contributed by atoms with Crippen LogP contribution in [0.2, 0.25) is 10.0 Å². The minimum Gasteiger partial charge on any atom is -0.486 e. The van der Waals surface area contributed by atoms with Gasteiger partial charge >= 0.3 is 0 Å². The predicted molar refractivity (Wildman–Crippen MR) is 144 cm³/mol. The van der Waals surface area contributed by atoms with E-state index in [1.807, 2.05) is 30.0 Å². The Kier molecular flexibility index (Phi) is 6.36. The van der Waals surface area contributed by atoms with Crippen molar-refractivity contribution in [2.75, 3.05) is 18.0 Å². The molecule has 1 amide bonds. The lowest BCUT2D eigenvalue weighted by atomic mass is 9.86. The van der Waals surface area contributed by atoms with Crippen LogP contribution in [-0.2, 0) is 4.79 Å². The summed E-state index contributed by atoms with van der Waals surface area (Å²) in [5, 5.41) is 12.1. The van der Waals surface area contributed by atoms with Crippen molar-refractivity contribution in [3.05, 3.63) is 64.3 Å². The normalized spacial score (nSPS) is 17.7. The van der Waals surface area contributed by atoms with Gasteiger partial charge in [0, 0.05) is 60.2 Å². The number of nitrogens with zero attached hydrogens (tertiary/aromatic N) is 4. The Morgan fingerprint density at radius 1 is 1.11 bits per heavy atom. The van der Waals surface area contributed by atoms with Gasteiger partial charge in [-0.15, -0.1) is 0 Å². The third-order valence-electron chi connectivity index (χ3n) is 7.49. The number of hydrogen-bond acceptors (Lipinski definition) is 6. The van der Waals surface area contributed by atoms with Crippen LogP contribution in [0.25, 0.3) is 22.2 Å². The van der Waals surface area contributed by atoms with Crippen LogP contribution < -0.4 is 15.0 Å². The number of carbonyl (C=O) groups is 1. The molecule has 5 heterocycles. The van der Waals surface area contributed by atoms with Crippen molar-refractivity contribution in [1.29, 1.82) is 0 Å². The van der Waals surface area contributed by atoms with Crippen LogP contribution in [0.15, 0.2) is 42.9 Å². The zero-order valence-corrected chi connectivity index (χ0v) is 22.1. The topological polar surface area (TPSA) is 96.0 Å². The summed E-state index contributed by atoms with van der Waals surface area (Å²) in [6.45, 7) is 3.13. The number of anilines is 1. The first-order chi connectivity index (χ1) is 18.3. The van der Waals surface area contributed by atoms with Gasteiger partial charge in [-0.1, -0.05) is 23.2 Å². The van der Waals surface area contributed by atoms with Gasteiger partial charge < -0.3 is 15.0 Å². The number of amides is 1. The summed E-state index contributed by atoms with van der Waals surface area (Å²) in [4.78, 5) is 22.1. The molecular weight excluding hydrogens is 530 g/mol. The van der Waals surface area contributed by atoms with Crippen LogP contribution in [-0.4, -0.2) is 44.7 Å². The number of fused-ring (bicyclic) bond motifs is 1. The average molecular weight is 555 g/mol. The highest BCUT2D eigenvalue weighted by Crippen LogP contribution is 2.37. The average Bonchev–Trinajstić information content (AvgIpc) is 3.47. The van der Waals surface area contributed by atoms with Crippen molar-refractivity contribution >= 4 is 45.8 Å². The maximum absolute atomic E-state index is 15.3. The minimum atomic E-state index is -0.426. The number of aromatic amines is 1. The molecule has 1 aromatic carbocycles. The van der Waals surface area contributed by atoms with E-state index >= 15 is 4.39 Å². The van der Waals surface area contributed by atoms with E-state index in [9.17, 15) is 4.79 Å². The molecule has 6 rings (SSSR count). The standard InChI is InChI=1S/C27H25Cl2FN6O2/c1-15(24-19(28)13-31-14-20(24)29)38-17-2-3-22-18(11-17)25(35-34-22)16-10-21(30)26(32-12-16)36-8-6-27(7-9-36)5-4-23(37)33-27/h2-3,10-15H,4-9H2,1H3,(H,33,37)(H,34,35). The third kappa shape index (κ3) is 4.54. The Hall–Kier alpha value is -3.43.